The Morgan fingerprint density at radius 3 is 2.55 bits per heavy atom. The van der Waals surface area contributed by atoms with Crippen LogP contribution < -0.4 is 5.32 Å². The highest BCUT2D eigenvalue weighted by Gasteiger charge is 2.46. The summed E-state index contributed by atoms with van der Waals surface area (Å²) in [6, 6.07) is 18.2. The Bertz CT molecular complexity index is 1060. The first-order valence-electron chi connectivity index (χ1n) is 10.8. The molecule has 6 nitrogen and oxygen atoms in total. The zero-order valence-corrected chi connectivity index (χ0v) is 17.9. The summed E-state index contributed by atoms with van der Waals surface area (Å²) in [5, 5.41) is 7.60. The number of halogens is 1. The van der Waals surface area contributed by atoms with Crippen LogP contribution in [0.4, 0.5) is 0 Å². The van der Waals surface area contributed by atoms with Crippen LogP contribution in [0.3, 0.4) is 0 Å². The first-order chi connectivity index (χ1) is 14.8. The van der Waals surface area contributed by atoms with Crippen LogP contribution in [0.5, 0.6) is 0 Å². The van der Waals surface area contributed by atoms with Crippen molar-refractivity contribution in [2.45, 2.75) is 24.8 Å². The average Bonchev–Trinajstić information content (AvgIpc) is 3.20. The van der Waals surface area contributed by atoms with Crippen molar-refractivity contribution in [2.75, 3.05) is 19.6 Å². The lowest BCUT2D eigenvalue weighted by molar-refractivity contribution is 0.0714. The molecule has 160 valence electrons. The molecule has 7 heteroatoms. The number of aromatic nitrogens is 2. The SMILES string of the molecule is Cl.O=C(c1ccc(-c2noc(C3CC3)n2)cc1)N1C[C@@H]2CNC[C@@H]2[C@@H]1c1ccccc1. The number of nitrogens with zero attached hydrogens (tertiary/aromatic N) is 3. The number of rotatable bonds is 4. The Morgan fingerprint density at radius 1 is 1.03 bits per heavy atom. The third-order valence-electron chi connectivity index (χ3n) is 6.72. The molecule has 0 unspecified atom stereocenters. The van der Waals surface area contributed by atoms with Crippen LogP contribution in [0, 0.1) is 11.8 Å². The Hall–Kier alpha value is -2.70. The fourth-order valence-electron chi connectivity index (χ4n) is 4.98. The zero-order chi connectivity index (χ0) is 20.1. The summed E-state index contributed by atoms with van der Waals surface area (Å²) >= 11 is 0. The Labute approximate surface area is 187 Å². The van der Waals surface area contributed by atoms with Gasteiger partial charge in [0.15, 0.2) is 0 Å². The van der Waals surface area contributed by atoms with E-state index < -0.39 is 0 Å². The second-order valence-corrected chi connectivity index (χ2v) is 8.70. The topological polar surface area (TPSA) is 71.3 Å². The fourth-order valence-corrected chi connectivity index (χ4v) is 4.98. The maximum Gasteiger partial charge on any atom is 0.254 e. The fraction of sp³-hybridized carbons (Fsp3) is 0.375. The molecular formula is C24H25ClN4O2. The summed E-state index contributed by atoms with van der Waals surface area (Å²) in [6.45, 7) is 2.75. The van der Waals surface area contributed by atoms with Crippen molar-refractivity contribution < 1.29 is 9.32 Å². The molecular weight excluding hydrogens is 412 g/mol. The molecule has 2 saturated heterocycles. The second kappa shape index (κ2) is 8.09. The maximum absolute atomic E-state index is 13.5. The van der Waals surface area contributed by atoms with Gasteiger partial charge in [-0.15, -0.1) is 12.4 Å². The smallest absolute Gasteiger partial charge is 0.254 e. The minimum atomic E-state index is 0. The summed E-state index contributed by atoms with van der Waals surface area (Å²) in [5.74, 6) is 2.84. The van der Waals surface area contributed by atoms with Gasteiger partial charge in [0.1, 0.15) is 0 Å². The van der Waals surface area contributed by atoms with Gasteiger partial charge in [-0.1, -0.05) is 47.6 Å². The van der Waals surface area contributed by atoms with Gasteiger partial charge in [0.2, 0.25) is 11.7 Å². The van der Waals surface area contributed by atoms with Gasteiger partial charge in [-0.25, -0.2) is 0 Å². The molecule has 3 aliphatic rings. The molecule has 1 N–H and O–H groups in total. The van der Waals surface area contributed by atoms with Gasteiger partial charge in [-0.2, -0.15) is 4.98 Å². The molecule has 1 aromatic heterocycles. The Kier molecular flexibility index (Phi) is 5.28. The average molecular weight is 437 g/mol. The van der Waals surface area contributed by atoms with Gasteiger partial charge in [-0.3, -0.25) is 4.79 Å². The third-order valence-corrected chi connectivity index (χ3v) is 6.72. The van der Waals surface area contributed by atoms with E-state index in [1.54, 1.807) is 0 Å². The number of hydrogen-bond acceptors (Lipinski definition) is 5. The lowest BCUT2D eigenvalue weighted by atomic mass is 9.89. The van der Waals surface area contributed by atoms with Crippen molar-refractivity contribution in [3.8, 4) is 11.4 Å². The molecule has 6 rings (SSSR count). The molecule has 1 amide bonds. The van der Waals surface area contributed by atoms with E-state index in [-0.39, 0.29) is 24.4 Å². The highest BCUT2D eigenvalue weighted by atomic mass is 35.5. The molecule has 0 bridgehead atoms. The van der Waals surface area contributed by atoms with Gasteiger partial charge in [0.05, 0.1) is 6.04 Å². The first kappa shape index (κ1) is 20.2. The molecule has 0 spiro atoms. The van der Waals surface area contributed by atoms with Crippen molar-refractivity contribution in [1.29, 1.82) is 0 Å². The molecule has 31 heavy (non-hydrogen) atoms. The van der Waals surface area contributed by atoms with Crippen molar-refractivity contribution in [3.63, 3.8) is 0 Å². The third kappa shape index (κ3) is 3.64. The van der Waals surface area contributed by atoms with Crippen LogP contribution in [-0.2, 0) is 0 Å². The van der Waals surface area contributed by atoms with E-state index in [9.17, 15) is 4.79 Å². The molecule has 0 radical (unpaired) electrons. The van der Waals surface area contributed by atoms with Crippen LogP contribution in [-0.4, -0.2) is 40.6 Å². The molecule has 1 aliphatic carbocycles. The van der Waals surface area contributed by atoms with Crippen LogP contribution >= 0.6 is 12.4 Å². The molecule has 1 saturated carbocycles. The minimum Gasteiger partial charge on any atom is -0.339 e. The number of carbonyl (C=O) groups excluding carboxylic acids is 1. The molecule has 3 heterocycles. The maximum atomic E-state index is 13.5. The normalized spacial score (nSPS) is 24.6. The van der Waals surface area contributed by atoms with Gasteiger partial charge >= 0.3 is 0 Å². The van der Waals surface area contributed by atoms with Crippen molar-refractivity contribution in [3.05, 3.63) is 71.6 Å². The van der Waals surface area contributed by atoms with E-state index in [2.05, 4.69) is 44.6 Å². The van der Waals surface area contributed by atoms with Gasteiger partial charge in [0.25, 0.3) is 5.91 Å². The van der Waals surface area contributed by atoms with E-state index in [1.807, 2.05) is 30.3 Å². The molecule has 3 fully saturated rings. The van der Waals surface area contributed by atoms with Gasteiger partial charge < -0.3 is 14.7 Å². The lowest BCUT2D eigenvalue weighted by Crippen LogP contribution is -2.34. The second-order valence-electron chi connectivity index (χ2n) is 8.70. The Balaban J connectivity index is 0.00000204. The van der Waals surface area contributed by atoms with Crippen LogP contribution in [0.15, 0.2) is 59.1 Å². The van der Waals surface area contributed by atoms with Gasteiger partial charge in [0, 0.05) is 42.6 Å². The number of benzene rings is 2. The number of fused-ring (bicyclic) bond motifs is 1. The number of hydrogen-bond donors (Lipinski definition) is 1. The Morgan fingerprint density at radius 2 is 1.81 bits per heavy atom. The van der Waals surface area contributed by atoms with Gasteiger partial charge in [-0.05, 0) is 36.5 Å². The van der Waals surface area contributed by atoms with Crippen LogP contribution in [0.1, 0.15) is 46.6 Å². The largest absolute Gasteiger partial charge is 0.339 e. The number of nitrogens with one attached hydrogen (secondary N) is 1. The van der Waals surface area contributed by atoms with E-state index in [0.717, 1.165) is 43.9 Å². The molecule has 2 aromatic carbocycles. The highest BCUT2D eigenvalue weighted by molar-refractivity contribution is 5.95. The predicted octanol–water partition coefficient (Wildman–Crippen LogP) is 4.07. The van der Waals surface area contributed by atoms with E-state index in [1.165, 1.54) is 5.56 Å². The van der Waals surface area contributed by atoms with Crippen molar-refractivity contribution >= 4 is 18.3 Å². The van der Waals surface area contributed by atoms with E-state index >= 15 is 0 Å². The van der Waals surface area contributed by atoms with E-state index in [0.29, 0.717) is 29.1 Å². The lowest BCUT2D eigenvalue weighted by Gasteiger charge is -2.28. The van der Waals surface area contributed by atoms with Crippen LogP contribution in [0.25, 0.3) is 11.4 Å². The van der Waals surface area contributed by atoms with E-state index in [4.69, 9.17) is 4.52 Å². The zero-order valence-electron chi connectivity index (χ0n) is 17.1. The molecule has 3 atom stereocenters. The number of likely N-dealkylation sites (tertiary alicyclic amines) is 1. The monoisotopic (exact) mass is 436 g/mol. The summed E-state index contributed by atoms with van der Waals surface area (Å²) in [6.07, 6.45) is 2.26. The highest BCUT2D eigenvalue weighted by Crippen LogP contribution is 2.43. The summed E-state index contributed by atoms with van der Waals surface area (Å²) in [5.41, 5.74) is 2.81. The minimum absolute atomic E-state index is 0. The standard InChI is InChI=1S/C24H24N4O2.ClH/c29-24(18-10-6-16(7-11-18)22-26-23(30-27-22)17-8-9-17)28-14-19-12-25-13-20(19)21(28)15-4-2-1-3-5-15;/h1-7,10-11,17,19-21,25H,8-9,12-14H2;1H/t19-,20-,21-;/m0./s1. The predicted molar refractivity (Wildman–Crippen MR) is 119 cm³/mol. The number of amides is 1. The van der Waals surface area contributed by atoms with Crippen molar-refractivity contribution in [2.24, 2.45) is 11.8 Å². The van der Waals surface area contributed by atoms with Crippen molar-refractivity contribution in [1.82, 2.24) is 20.4 Å². The molecule has 2 aliphatic heterocycles. The first-order valence-corrected chi connectivity index (χ1v) is 10.8. The summed E-state index contributed by atoms with van der Waals surface area (Å²) in [7, 11) is 0. The summed E-state index contributed by atoms with van der Waals surface area (Å²) < 4.78 is 5.37. The molecule has 3 aromatic rings. The van der Waals surface area contributed by atoms with Crippen LogP contribution in [0.2, 0.25) is 0 Å². The number of carbonyl (C=O) groups is 1. The quantitative estimate of drug-likeness (QED) is 0.667. The summed E-state index contributed by atoms with van der Waals surface area (Å²) in [4.78, 5) is 20.0.